The molecule has 1 N–H and O–H groups in total. The van der Waals surface area contributed by atoms with E-state index >= 15 is 0 Å². The van der Waals surface area contributed by atoms with Crippen LogP contribution in [0.3, 0.4) is 0 Å². The molecule has 3 aromatic rings. The molecule has 7 heteroatoms. The first kappa shape index (κ1) is 20.9. The van der Waals surface area contributed by atoms with Crippen molar-refractivity contribution in [3.63, 3.8) is 0 Å². The summed E-state index contributed by atoms with van der Waals surface area (Å²) in [6, 6.07) is 20.0. The van der Waals surface area contributed by atoms with Crippen molar-refractivity contribution in [2.45, 2.75) is 0 Å². The standard InChI is InChI=1S/C24H24N4O2S/c1-30-23-10-6-5-9-21(23)28-13-11-27(12-14-28)16-22(29)19(15-25)24-26-20(17-31-24)18-7-3-2-4-8-18/h2-10,17,29H,11-14,16H2,1H3/b22-19-. The number of piperazine rings is 1. The molecule has 0 spiro atoms. The van der Waals surface area contributed by atoms with Gasteiger partial charge in [-0.25, -0.2) is 4.98 Å². The molecule has 0 bridgehead atoms. The van der Waals surface area contributed by atoms with E-state index in [1.165, 1.54) is 11.3 Å². The van der Waals surface area contributed by atoms with Crippen LogP contribution in [0.1, 0.15) is 5.01 Å². The molecule has 31 heavy (non-hydrogen) atoms. The Labute approximate surface area is 186 Å². The fourth-order valence-corrected chi connectivity index (χ4v) is 4.54. The third kappa shape index (κ3) is 4.71. The second-order valence-corrected chi connectivity index (χ2v) is 8.13. The topological polar surface area (TPSA) is 72.6 Å². The van der Waals surface area contributed by atoms with Gasteiger partial charge in [-0.1, -0.05) is 42.5 Å². The van der Waals surface area contributed by atoms with Crippen molar-refractivity contribution in [3.05, 3.63) is 70.7 Å². The Balaban J connectivity index is 1.43. The molecule has 1 saturated heterocycles. The van der Waals surface area contributed by atoms with Crippen molar-refractivity contribution < 1.29 is 9.84 Å². The zero-order chi connectivity index (χ0) is 21.6. The maximum atomic E-state index is 10.7. The van der Waals surface area contributed by atoms with Crippen molar-refractivity contribution >= 4 is 22.6 Å². The van der Waals surface area contributed by atoms with E-state index in [0.717, 1.165) is 48.9 Å². The number of aromatic nitrogens is 1. The summed E-state index contributed by atoms with van der Waals surface area (Å²) < 4.78 is 5.47. The van der Waals surface area contributed by atoms with E-state index < -0.39 is 0 Å². The number of hydrogen-bond acceptors (Lipinski definition) is 7. The molecule has 1 aliphatic heterocycles. The van der Waals surface area contributed by atoms with Gasteiger partial charge in [-0.3, -0.25) is 4.90 Å². The quantitative estimate of drug-likeness (QED) is 0.459. The minimum absolute atomic E-state index is 0.0715. The van der Waals surface area contributed by atoms with Gasteiger partial charge in [-0.15, -0.1) is 11.3 Å². The zero-order valence-electron chi connectivity index (χ0n) is 17.4. The molecule has 0 aliphatic carbocycles. The Morgan fingerprint density at radius 3 is 2.52 bits per heavy atom. The third-order valence-electron chi connectivity index (χ3n) is 5.36. The number of benzene rings is 2. The molecule has 2 aromatic carbocycles. The lowest BCUT2D eigenvalue weighted by Gasteiger charge is -2.36. The Bertz CT molecular complexity index is 1100. The van der Waals surface area contributed by atoms with Crippen LogP contribution in [0.2, 0.25) is 0 Å². The number of allylic oxidation sites excluding steroid dienone is 1. The van der Waals surface area contributed by atoms with Gasteiger partial charge in [0.1, 0.15) is 28.2 Å². The minimum atomic E-state index is 0.0715. The van der Waals surface area contributed by atoms with Crippen molar-refractivity contribution in [2.24, 2.45) is 0 Å². The van der Waals surface area contributed by atoms with Crippen LogP contribution >= 0.6 is 11.3 Å². The highest BCUT2D eigenvalue weighted by molar-refractivity contribution is 7.11. The summed E-state index contributed by atoms with van der Waals surface area (Å²) in [5.74, 6) is 0.936. The summed E-state index contributed by atoms with van der Waals surface area (Å²) in [6.45, 7) is 3.56. The molecule has 0 unspecified atom stereocenters. The van der Waals surface area contributed by atoms with E-state index in [-0.39, 0.29) is 11.3 Å². The lowest BCUT2D eigenvalue weighted by atomic mass is 10.2. The summed E-state index contributed by atoms with van der Waals surface area (Å²) in [4.78, 5) is 9.02. The summed E-state index contributed by atoms with van der Waals surface area (Å²) in [7, 11) is 1.68. The number of thiazole rings is 1. The van der Waals surface area contributed by atoms with Crippen LogP contribution in [0.15, 0.2) is 65.7 Å². The van der Waals surface area contributed by atoms with Crippen LogP contribution in [0.5, 0.6) is 5.75 Å². The van der Waals surface area contributed by atoms with Gasteiger partial charge < -0.3 is 14.7 Å². The predicted octanol–water partition coefficient (Wildman–Crippen LogP) is 4.43. The number of anilines is 1. The fraction of sp³-hybridized carbons (Fsp3) is 0.250. The van der Waals surface area contributed by atoms with Gasteiger partial charge in [-0.2, -0.15) is 5.26 Å². The SMILES string of the molecule is COc1ccccc1N1CCN(C/C(O)=C(\C#N)c2nc(-c3ccccc3)cs2)CC1. The maximum Gasteiger partial charge on any atom is 0.142 e. The molecule has 2 heterocycles. The largest absolute Gasteiger partial charge is 0.509 e. The molecule has 0 atom stereocenters. The van der Waals surface area contributed by atoms with Crippen LogP contribution in [0, 0.1) is 11.3 Å². The number of aliphatic hydroxyl groups is 1. The highest BCUT2D eigenvalue weighted by Gasteiger charge is 2.22. The molecule has 0 amide bonds. The Kier molecular flexibility index (Phi) is 6.51. The maximum absolute atomic E-state index is 10.7. The number of aliphatic hydroxyl groups excluding tert-OH is 1. The monoisotopic (exact) mass is 432 g/mol. The number of nitrogens with zero attached hydrogens (tertiary/aromatic N) is 4. The third-order valence-corrected chi connectivity index (χ3v) is 6.22. The average Bonchev–Trinajstić information content (AvgIpc) is 3.30. The molecular formula is C24H24N4O2S. The molecule has 4 rings (SSSR count). The summed E-state index contributed by atoms with van der Waals surface area (Å²) in [5, 5.41) is 22.8. The van der Waals surface area contributed by atoms with E-state index in [9.17, 15) is 10.4 Å². The first-order chi connectivity index (χ1) is 15.2. The highest BCUT2D eigenvalue weighted by atomic mass is 32.1. The van der Waals surface area contributed by atoms with Gasteiger partial charge in [0.05, 0.1) is 25.0 Å². The van der Waals surface area contributed by atoms with E-state index in [0.29, 0.717) is 11.6 Å². The number of rotatable bonds is 6. The minimum Gasteiger partial charge on any atom is -0.509 e. The first-order valence-electron chi connectivity index (χ1n) is 10.1. The summed E-state index contributed by atoms with van der Waals surface area (Å²) in [6.07, 6.45) is 0. The second-order valence-electron chi connectivity index (χ2n) is 7.27. The second kappa shape index (κ2) is 9.65. The molecular weight excluding hydrogens is 408 g/mol. The van der Waals surface area contributed by atoms with Gasteiger partial charge in [0, 0.05) is 37.1 Å². The van der Waals surface area contributed by atoms with Gasteiger partial charge >= 0.3 is 0 Å². The van der Waals surface area contributed by atoms with Crippen LogP contribution in [0.4, 0.5) is 5.69 Å². The van der Waals surface area contributed by atoms with Crippen LogP contribution in [-0.2, 0) is 0 Å². The van der Waals surface area contributed by atoms with E-state index in [1.54, 1.807) is 7.11 Å². The molecule has 6 nitrogen and oxygen atoms in total. The van der Waals surface area contributed by atoms with Gasteiger partial charge in [0.2, 0.25) is 0 Å². The van der Waals surface area contributed by atoms with E-state index in [2.05, 4.69) is 26.9 Å². The Morgan fingerprint density at radius 1 is 1.10 bits per heavy atom. The highest BCUT2D eigenvalue weighted by Crippen LogP contribution is 2.29. The molecule has 1 aliphatic rings. The summed E-state index contributed by atoms with van der Waals surface area (Å²) in [5.41, 5.74) is 3.14. The molecule has 0 saturated carbocycles. The molecule has 1 aromatic heterocycles. The number of methoxy groups -OCH3 is 1. The summed E-state index contributed by atoms with van der Waals surface area (Å²) >= 11 is 1.38. The number of para-hydroxylation sites is 2. The molecule has 1 fully saturated rings. The lowest BCUT2D eigenvalue weighted by molar-refractivity contribution is 0.238. The van der Waals surface area contributed by atoms with Crippen LogP contribution in [-0.4, -0.2) is 54.8 Å². The average molecular weight is 433 g/mol. The van der Waals surface area contributed by atoms with Crippen LogP contribution < -0.4 is 9.64 Å². The van der Waals surface area contributed by atoms with E-state index in [4.69, 9.17) is 4.74 Å². The smallest absolute Gasteiger partial charge is 0.142 e. The number of nitriles is 1. The Morgan fingerprint density at radius 2 is 1.81 bits per heavy atom. The molecule has 0 radical (unpaired) electrons. The fourth-order valence-electron chi connectivity index (χ4n) is 3.69. The van der Waals surface area contributed by atoms with Crippen molar-refractivity contribution in [3.8, 4) is 23.1 Å². The Hall–Kier alpha value is -3.34. The van der Waals surface area contributed by atoms with Gasteiger partial charge in [-0.05, 0) is 12.1 Å². The lowest BCUT2D eigenvalue weighted by Crippen LogP contribution is -2.47. The zero-order valence-corrected chi connectivity index (χ0v) is 18.2. The van der Waals surface area contributed by atoms with Crippen LogP contribution in [0.25, 0.3) is 16.8 Å². The van der Waals surface area contributed by atoms with E-state index in [1.807, 2.05) is 53.9 Å². The number of ether oxygens (including phenoxy) is 1. The van der Waals surface area contributed by atoms with Crippen molar-refractivity contribution in [1.82, 2.24) is 9.88 Å². The number of hydrogen-bond donors (Lipinski definition) is 1. The predicted molar refractivity (Wildman–Crippen MR) is 124 cm³/mol. The van der Waals surface area contributed by atoms with Crippen molar-refractivity contribution in [1.29, 1.82) is 5.26 Å². The van der Waals surface area contributed by atoms with Gasteiger partial charge in [0.15, 0.2) is 0 Å². The normalized spacial score (nSPS) is 15.3. The van der Waals surface area contributed by atoms with Crippen molar-refractivity contribution in [2.75, 3.05) is 44.7 Å². The first-order valence-corrected chi connectivity index (χ1v) is 11.0. The van der Waals surface area contributed by atoms with Gasteiger partial charge in [0.25, 0.3) is 0 Å². The molecule has 158 valence electrons.